The molecule has 106 valence electrons. The summed E-state index contributed by atoms with van der Waals surface area (Å²) in [6.07, 6.45) is 3.33. The van der Waals surface area contributed by atoms with Crippen molar-refractivity contribution >= 4 is 5.82 Å². The molecule has 0 spiro atoms. The standard InChI is InChI=1S/C16H15N3O2/c1-19(2)16-12(14-8-5-9-21-14)10-17-15(18-16)11-6-3-4-7-13(11)20/h3-10,20H,1-2H3. The van der Waals surface area contributed by atoms with E-state index in [0.717, 1.165) is 11.4 Å². The number of furan rings is 1. The monoisotopic (exact) mass is 281 g/mol. The molecule has 0 fully saturated rings. The quantitative estimate of drug-likeness (QED) is 0.799. The summed E-state index contributed by atoms with van der Waals surface area (Å²) < 4.78 is 5.42. The zero-order valence-electron chi connectivity index (χ0n) is 11.8. The van der Waals surface area contributed by atoms with Crippen LogP contribution in [0.25, 0.3) is 22.7 Å². The van der Waals surface area contributed by atoms with Gasteiger partial charge in [0.2, 0.25) is 0 Å². The Morgan fingerprint density at radius 1 is 1.05 bits per heavy atom. The average Bonchev–Trinajstić information content (AvgIpc) is 3.01. The van der Waals surface area contributed by atoms with Crippen LogP contribution >= 0.6 is 0 Å². The predicted molar refractivity (Wildman–Crippen MR) is 81.2 cm³/mol. The molecule has 0 unspecified atom stereocenters. The van der Waals surface area contributed by atoms with E-state index in [1.165, 1.54) is 0 Å². The van der Waals surface area contributed by atoms with Crippen LogP contribution in [0.5, 0.6) is 5.75 Å². The van der Waals surface area contributed by atoms with Crippen molar-refractivity contribution < 1.29 is 9.52 Å². The third-order valence-electron chi connectivity index (χ3n) is 3.12. The van der Waals surface area contributed by atoms with Crippen molar-refractivity contribution in [2.75, 3.05) is 19.0 Å². The first-order valence-corrected chi connectivity index (χ1v) is 6.53. The van der Waals surface area contributed by atoms with Crippen LogP contribution in [-0.2, 0) is 0 Å². The zero-order valence-corrected chi connectivity index (χ0v) is 11.8. The Morgan fingerprint density at radius 3 is 2.52 bits per heavy atom. The molecule has 1 N–H and O–H groups in total. The van der Waals surface area contributed by atoms with Gasteiger partial charge in [0.15, 0.2) is 5.82 Å². The summed E-state index contributed by atoms with van der Waals surface area (Å²) in [6, 6.07) is 10.7. The van der Waals surface area contributed by atoms with Gasteiger partial charge in [0.1, 0.15) is 17.3 Å². The molecule has 0 radical (unpaired) electrons. The first kappa shape index (κ1) is 13.2. The van der Waals surface area contributed by atoms with Crippen LogP contribution in [0.4, 0.5) is 5.82 Å². The SMILES string of the molecule is CN(C)c1nc(-c2ccccc2O)ncc1-c1ccco1. The molecule has 3 aromatic rings. The fourth-order valence-corrected chi connectivity index (χ4v) is 2.11. The second kappa shape index (κ2) is 5.28. The van der Waals surface area contributed by atoms with E-state index >= 15 is 0 Å². The first-order chi connectivity index (χ1) is 10.2. The number of aromatic nitrogens is 2. The zero-order chi connectivity index (χ0) is 14.8. The van der Waals surface area contributed by atoms with Crippen molar-refractivity contribution in [1.29, 1.82) is 0 Å². The Hall–Kier alpha value is -2.82. The summed E-state index contributed by atoms with van der Waals surface area (Å²) in [6.45, 7) is 0. The van der Waals surface area contributed by atoms with E-state index in [9.17, 15) is 5.11 Å². The van der Waals surface area contributed by atoms with E-state index in [1.807, 2.05) is 37.2 Å². The van der Waals surface area contributed by atoms with Gasteiger partial charge in [0, 0.05) is 20.3 Å². The summed E-state index contributed by atoms with van der Waals surface area (Å²) in [5.74, 6) is 2.08. The number of anilines is 1. The molecule has 21 heavy (non-hydrogen) atoms. The summed E-state index contributed by atoms with van der Waals surface area (Å²) in [7, 11) is 3.81. The molecule has 2 heterocycles. The van der Waals surface area contributed by atoms with Crippen LogP contribution in [0.15, 0.2) is 53.3 Å². The summed E-state index contributed by atoms with van der Waals surface area (Å²) in [5, 5.41) is 9.93. The van der Waals surface area contributed by atoms with Crippen molar-refractivity contribution in [3.8, 4) is 28.5 Å². The number of phenolic OH excluding ortho intramolecular Hbond substituents is 1. The lowest BCUT2D eigenvalue weighted by Gasteiger charge is -2.16. The number of hydrogen-bond acceptors (Lipinski definition) is 5. The highest BCUT2D eigenvalue weighted by atomic mass is 16.3. The van der Waals surface area contributed by atoms with Gasteiger partial charge in [-0.2, -0.15) is 0 Å². The lowest BCUT2D eigenvalue weighted by atomic mass is 10.1. The second-order valence-corrected chi connectivity index (χ2v) is 4.82. The molecule has 0 aliphatic heterocycles. The number of para-hydroxylation sites is 1. The molecule has 5 heteroatoms. The van der Waals surface area contributed by atoms with Crippen LogP contribution in [0, 0.1) is 0 Å². The van der Waals surface area contributed by atoms with Gasteiger partial charge in [-0.25, -0.2) is 9.97 Å². The third-order valence-corrected chi connectivity index (χ3v) is 3.12. The molecule has 0 saturated heterocycles. The Kier molecular flexibility index (Phi) is 3.31. The molecule has 0 bridgehead atoms. The Labute approximate surface area is 122 Å². The normalized spacial score (nSPS) is 10.6. The number of nitrogens with zero attached hydrogens (tertiary/aromatic N) is 3. The van der Waals surface area contributed by atoms with Gasteiger partial charge in [0.05, 0.1) is 17.4 Å². The number of phenols is 1. The molecule has 5 nitrogen and oxygen atoms in total. The van der Waals surface area contributed by atoms with E-state index in [-0.39, 0.29) is 5.75 Å². The maximum atomic E-state index is 9.93. The van der Waals surface area contributed by atoms with Gasteiger partial charge in [-0.05, 0) is 24.3 Å². The average molecular weight is 281 g/mol. The summed E-state index contributed by atoms with van der Waals surface area (Å²) in [4.78, 5) is 10.8. The maximum absolute atomic E-state index is 9.93. The van der Waals surface area contributed by atoms with E-state index in [2.05, 4.69) is 9.97 Å². The molecule has 2 aromatic heterocycles. The van der Waals surface area contributed by atoms with Gasteiger partial charge in [-0.3, -0.25) is 0 Å². The highest BCUT2D eigenvalue weighted by molar-refractivity contribution is 5.74. The van der Waals surface area contributed by atoms with E-state index in [1.54, 1.807) is 30.7 Å². The van der Waals surface area contributed by atoms with Gasteiger partial charge in [-0.1, -0.05) is 12.1 Å². The number of aromatic hydroxyl groups is 1. The highest BCUT2D eigenvalue weighted by Crippen LogP contribution is 2.32. The van der Waals surface area contributed by atoms with Crippen LogP contribution < -0.4 is 4.90 Å². The molecule has 0 amide bonds. The Balaban J connectivity index is 2.14. The lowest BCUT2D eigenvalue weighted by Crippen LogP contribution is -2.13. The summed E-state index contributed by atoms with van der Waals surface area (Å²) in [5.41, 5.74) is 1.41. The molecule has 1 aromatic carbocycles. The first-order valence-electron chi connectivity index (χ1n) is 6.53. The van der Waals surface area contributed by atoms with Gasteiger partial charge >= 0.3 is 0 Å². The predicted octanol–water partition coefficient (Wildman–Crippen LogP) is 3.18. The third kappa shape index (κ3) is 2.45. The molecular formula is C16H15N3O2. The smallest absolute Gasteiger partial charge is 0.165 e. The number of hydrogen-bond donors (Lipinski definition) is 1. The lowest BCUT2D eigenvalue weighted by molar-refractivity contribution is 0.477. The van der Waals surface area contributed by atoms with E-state index in [4.69, 9.17) is 4.42 Å². The number of rotatable bonds is 3. The fourth-order valence-electron chi connectivity index (χ4n) is 2.11. The van der Waals surface area contributed by atoms with Crippen LogP contribution in [0.2, 0.25) is 0 Å². The van der Waals surface area contributed by atoms with Crippen LogP contribution in [0.3, 0.4) is 0 Å². The Morgan fingerprint density at radius 2 is 1.86 bits per heavy atom. The maximum Gasteiger partial charge on any atom is 0.165 e. The minimum atomic E-state index is 0.160. The minimum absolute atomic E-state index is 0.160. The second-order valence-electron chi connectivity index (χ2n) is 4.82. The largest absolute Gasteiger partial charge is 0.507 e. The highest BCUT2D eigenvalue weighted by Gasteiger charge is 2.15. The minimum Gasteiger partial charge on any atom is -0.507 e. The van der Waals surface area contributed by atoms with E-state index < -0.39 is 0 Å². The molecule has 0 saturated carbocycles. The van der Waals surface area contributed by atoms with Crippen LogP contribution in [0.1, 0.15) is 0 Å². The van der Waals surface area contributed by atoms with Gasteiger partial charge in [-0.15, -0.1) is 0 Å². The van der Waals surface area contributed by atoms with E-state index in [0.29, 0.717) is 17.1 Å². The molecular weight excluding hydrogens is 266 g/mol. The van der Waals surface area contributed by atoms with Crippen molar-refractivity contribution in [2.45, 2.75) is 0 Å². The van der Waals surface area contributed by atoms with Crippen LogP contribution in [-0.4, -0.2) is 29.2 Å². The van der Waals surface area contributed by atoms with Gasteiger partial charge in [0.25, 0.3) is 0 Å². The van der Waals surface area contributed by atoms with Crippen molar-refractivity contribution in [3.05, 3.63) is 48.9 Å². The molecule has 0 aliphatic carbocycles. The summed E-state index contributed by atoms with van der Waals surface area (Å²) >= 11 is 0. The van der Waals surface area contributed by atoms with Gasteiger partial charge < -0.3 is 14.4 Å². The van der Waals surface area contributed by atoms with Crippen molar-refractivity contribution in [3.63, 3.8) is 0 Å². The fraction of sp³-hybridized carbons (Fsp3) is 0.125. The molecule has 0 aliphatic rings. The number of benzene rings is 1. The topological polar surface area (TPSA) is 62.4 Å². The Bertz CT molecular complexity index is 752. The molecule has 3 rings (SSSR count). The molecule has 0 atom stereocenters. The van der Waals surface area contributed by atoms with Crippen molar-refractivity contribution in [1.82, 2.24) is 9.97 Å². The van der Waals surface area contributed by atoms with Crippen molar-refractivity contribution in [2.24, 2.45) is 0 Å².